The molecule has 0 atom stereocenters. The molecule has 1 aromatic rings. The molecule has 1 rings (SSSR count). The number of hydrogen-bond donors (Lipinski definition) is 1. The average Bonchev–Trinajstić information content (AvgIpc) is 2.38. The van der Waals surface area contributed by atoms with Crippen molar-refractivity contribution in [3.05, 3.63) is 29.8 Å². The fourth-order valence-electron chi connectivity index (χ4n) is 1.40. The van der Waals surface area contributed by atoms with Crippen LogP contribution in [0.2, 0.25) is 0 Å². The van der Waals surface area contributed by atoms with Gasteiger partial charge in [-0.3, -0.25) is 4.79 Å². The number of nitriles is 1. The normalized spacial score (nSPS) is 9.78. The first-order chi connectivity index (χ1) is 8.76. The molecule has 0 heterocycles. The van der Waals surface area contributed by atoms with Crippen molar-refractivity contribution in [1.29, 1.82) is 5.26 Å². The van der Waals surface area contributed by atoms with Gasteiger partial charge in [0.25, 0.3) is 0 Å². The Kier molecular flexibility index (Phi) is 6.97. The number of benzene rings is 1. The predicted molar refractivity (Wildman–Crippen MR) is 76.6 cm³/mol. The Labute approximate surface area is 113 Å². The third kappa shape index (κ3) is 5.74. The highest BCUT2D eigenvalue weighted by molar-refractivity contribution is 7.99. The van der Waals surface area contributed by atoms with E-state index in [-0.39, 0.29) is 5.91 Å². The van der Waals surface area contributed by atoms with Crippen molar-refractivity contribution < 1.29 is 4.79 Å². The number of anilines is 1. The van der Waals surface area contributed by atoms with Gasteiger partial charge in [0, 0.05) is 17.9 Å². The van der Waals surface area contributed by atoms with E-state index in [2.05, 4.69) is 18.3 Å². The number of amides is 1. The molecule has 0 bridgehead atoms. The van der Waals surface area contributed by atoms with E-state index in [9.17, 15) is 4.79 Å². The zero-order valence-electron chi connectivity index (χ0n) is 10.6. The number of nitrogens with one attached hydrogen (secondary N) is 1. The van der Waals surface area contributed by atoms with Crippen LogP contribution in [0.3, 0.4) is 0 Å². The van der Waals surface area contributed by atoms with Crippen molar-refractivity contribution in [2.45, 2.75) is 26.2 Å². The van der Waals surface area contributed by atoms with Crippen molar-refractivity contribution >= 4 is 23.4 Å². The molecule has 1 aromatic carbocycles. The van der Waals surface area contributed by atoms with E-state index in [1.54, 1.807) is 24.3 Å². The highest BCUT2D eigenvalue weighted by Gasteiger charge is 2.02. The number of carbonyl (C=O) groups is 1. The van der Waals surface area contributed by atoms with Gasteiger partial charge in [-0.15, -0.1) is 0 Å². The fourth-order valence-corrected chi connectivity index (χ4v) is 2.43. The van der Waals surface area contributed by atoms with Crippen molar-refractivity contribution in [2.24, 2.45) is 0 Å². The van der Waals surface area contributed by atoms with Gasteiger partial charge in [-0.2, -0.15) is 17.0 Å². The van der Waals surface area contributed by atoms with Crippen molar-refractivity contribution in [1.82, 2.24) is 0 Å². The quantitative estimate of drug-likeness (QED) is 0.766. The number of carbonyl (C=O) groups excluding carboxylic acids is 1. The number of hydrogen-bond acceptors (Lipinski definition) is 3. The second-order valence-electron chi connectivity index (χ2n) is 3.96. The molecule has 4 heteroatoms. The van der Waals surface area contributed by atoms with Crippen LogP contribution in [0.5, 0.6) is 0 Å². The third-order valence-electron chi connectivity index (χ3n) is 2.39. The van der Waals surface area contributed by atoms with E-state index in [0.717, 1.165) is 11.5 Å². The SMILES string of the molecule is CCCCSCCC(=O)Nc1cccc(C#N)c1. The molecule has 0 spiro atoms. The zero-order chi connectivity index (χ0) is 13.2. The number of thioether (sulfide) groups is 1. The molecular weight excluding hydrogens is 244 g/mol. The summed E-state index contributed by atoms with van der Waals surface area (Å²) in [5, 5.41) is 11.6. The van der Waals surface area contributed by atoms with Crippen LogP contribution in [0.25, 0.3) is 0 Å². The number of rotatable bonds is 7. The van der Waals surface area contributed by atoms with Crippen LogP contribution in [0.4, 0.5) is 5.69 Å². The van der Waals surface area contributed by atoms with E-state index in [0.29, 0.717) is 17.7 Å². The van der Waals surface area contributed by atoms with Crippen molar-refractivity contribution in [2.75, 3.05) is 16.8 Å². The predicted octanol–water partition coefficient (Wildman–Crippen LogP) is 3.42. The first kappa shape index (κ1) is 14.6. The summed E-state index contributed by atoms with van der Waals surface area (Å²) >= 11 is 1.81. The van der Waals surface area contributed by atoms with Crippen LogP contribution in [-0.4, -0.2) is 17.4 Å². The Bertz CT molecular complexity index is 426. The summed E-state index contributed by atoms with van der Waals surface area (Å²) in [6.45, 7) is 2.16. The van der Waals surface area contributed by atoms with Crippen LogP contribution >= 0.6 is 11.8 Å². The molecule has 0 radical (unpaired) electrons. The second kappa shape index (κ2) is 8.60. The molecule has 1 N–H and O–H groups in total. The Balaban J connectivity index is 2.29. The molecule has 0 fully saturated rings. The van der Waals surface area contributed by atoms with Crippen LogP contribution in [-0.2, 0) is 4.79 Å². The summed E-state index contributed by atoms with van der Waals surface area (Å²) in [6, 6.07) is 9.02. The molecule has 96 valence electrons. The van der Waals surface area contributed by atoms with Crippen LogP contribution < -0.4 is 5.32 Å². The van der Waals surface area contributed by atoms with E-state index < -0.39 is 0 Å². The minimum absolute atomic E-state index is 0.00842. The molecule has 0 unspecified atom stereocenters. The Morgan fingerprint density at radius 1 is 1.44 bits per heavy atom. The zero-order valence-corrected chi connectivity index (χ0v) is 11.4. The van der Waals surface area contributed by atoms with E-state index in [1.165, 1.54) is 12.8 Å². The Morgan fingerprint density at radius 3 is 3.00 bits per heavy atom. The lowest BCUT2D eigenvalue weighted by Crippen LogP contribution is -2.12. The molecule has 0 saturated carbocycles. The van der Waals surface area contributed by atoms with Gasteiger partial charge in [-0.05, 0) is 30.4 Å². The summed E-state index contributed by atoms with van der Waals surface area (Å²) < 4.78 is 0. The van der Waals surface area contributed by atoms with Crippen LogP contribution in [0.15, 0.2) is 24.3 Å². The minimum Gasteiger partial charge on any atom is -0.326 e. The van der Waals surface area contributed by atoms with Crippen LogP contribution in [0, 0.1) is 11.3 Å². The van der Waals surface area contributed by atoms with Gasteiger partial charge in [0.15, 0.2) is 0 Å². The van der Waals surface area contributed by atoms with Gasteiger partial charge in [-0.25, -0.2) is 0 Å². The fraction of sp³-hybridized carbons (Fsp3) is 0.429. The molecule has 0 aromatic heterocycles. The first-order valence-electron chi connectivity index (χ1n) is 6.14. The summed E-state index contributed by atoms with van der Waals surface area (Å²) in [4.78, 5) is 11.6. The van der Waals surface area contributed by atoms with Gasteiger partial charge in [0.2, 0.25) is 5.91 Å². The first-order valence-corrected chi connectivity index (χ1v) is 7.29. The molecule has 18 heavy (non-hydrogen) atoms. The smallest absolute Gasteiger partial charge is 0.225 e. The molecule has 0 saturated heterocycles. The lowest BCUT2D eigenvalue weighted by atomic mass is 10.2. The van der Waals surface area contributed by atoms with Gasteiger partial charge in [-0.1, -0.05) is 19.4 Å². The van der Waals surface area contributed by atoms with Crippen molar-refractivity contribution in [3.63, 3.8) is 0 Å². The maximum Gasteiger partial charge on any atom is 0.225 e. The maximum absolute atomic E-state index is 11.6. The summed E-state index contributed by atoms with van der Waals surface area (Å²) in [6.07, 6.45) is 2.92. The lowest BCUT2D eigenvalue weighted by Gasteiger charge is -2.05. The highest BCUT2D eigenvalue weighted by Crippen LogP contribution is 2.11. The van der Waals surface area contributed by atoms with E-state index in [4.69, 9.17) is 5.26 Å². The maximum atomic E-state index is 11.6. The molecular formula is C14H18N2OS. The highest BCUT2D eigenvalue weighted by atomic mass is 32.2. The summed E-state index contributed by atoms with van der Waals surface area (Å²) in [5.41, 5.74) is 1.25. The molecule has 0 aliphatic rings. The summed E-state index contributed by atoms with van der Waals surface area (Å²) in [5.74, 6) is 1.98. The van der Waals surface area contributed by atoms with Gasteiger partial charge in [0.05, 0.1) is 11.6 Å². The summed E-state index contributed by atoms with van der Waals surface area (Å²) in [7, 11) is 0. The molecule has 1 amide bonds. The third-order valence-corrected chi connectivity index (χ3v) is 3.46. The molecule has 0 aliphatic heterocycles. The molecule has 3 nitrogen and oxygen atoms in total. The van der Waals surface area contributed by atoms with E-state index >= 15 is 0 Å². The van der Waals surface area contributed by atoms with E-state index in [1.807, 2.05) is 11.8 Å². The monoisotopic (exact) mass is 262 g/mol. The lowest BCUT2D eigenvalue weighted by molar-refractivity contribution is -0.115. The van der Waals surface area contributed by atoms with Gasteiger partial charge in [0.1, 0.15) is 0 Å². The molecule has 0 aliphatic carbocycles. The standard InChI is InChI=1S/C14H18N2OS/c1-2-3-8-18-9-7-14(17)16-13-6-4-5-12(10-13)11-15/h4-6,10H,2-3,7-9H2,1H3,(H,16,17). The number of nitrogens with zero attached hydrogens (tertiary/aromatic N) is 1. The largest absolute Gasteiger partial charge is 0.326 e. The van der Waals surface area contributed by atoms with Crippen LogP contribution in [0.1, 0.15) is 31.7 Å². The number of unbranched alkanes of at least 4 members (excludes halogenated alkanes) is 1. The van der Waals surface area contributed by atoms with Gasteiger partial charge < -0.3 is 5.32 Å². The van der Waals surface area contributed by atoms with Gasteiger partial charge >= 0.3 is 0 Å². The minimum atomic E-state index is 0.00842. The van der Waals surface area contributed by atoms with Crippen molar-refractivity contribution in [3.8, 4) is 6.07 Å². The second-order valence-corrected chi connectivity index (χ2v) is 5.18. The Hall–Kier alpha value is -1.47. The average molecular weight is 262 g/mol. The topological polar surface area (TPSA) is 52.9 Å². The Morgan fingerprint density at radius 2 is 2.28 bits per heavy atom.